The van der Waals surface area contributed by atoms with Gasteiger partial charge in [-0.2, -0.15) is 0 Å². The number of carbonyl (C=O) groups is 2. The number of esters is 1. The second kappa shape index (κ2) is 6.40. The summed E-state index contributed by atoms with van der Waals surface area (Å²) < 4.78 is 6.03. The normalized spacial score (nSPS) is 22.6. The van der Waals surface area contributed by atoms with Gasteiger partial charge in [0, 0.05) is 37.6 Å². The molecule has 3 rings (SSSR count). The number of dihydropyridines is 1. The average molecular weight is 424 g/mol. The van der Waals surface area contributed by atoms with Crippen LogP contribution in [0.5, 0.6) is 0 Å². The highest BCUT2D eigenvalue weighted by molar-refractivity contribution is 9.10. The molecule has 1 aliphatic carbocycles. The van der Waals surface area contributed by atoms with E-state index in [2.05, 4.69) is 35.1 Å². The predicted octanol–water partition coefficient (Wildman–Crippen LogP) is 4.60. The van der Waals surface area contributed by atoms with Crippen molar-refractivity contribution >= 4 is 39.0 Å². The molecule has 4 nitrogen and oxygen atoms in total. The van der Waals surface area contributed by atoms with Crippen molar-refractivity contribution in [3.05, 3.63) is 42.8 Å². The Morgan fingerprint density at radius 2 is 2.04 bits per heavy atom. The first kappa shape index (κ1) is 18.4. The number of rotatable bonds is 2. The Balaban J connectivity index is 2.21. The van der Waals surface area contributed by atoms with Crippen LogP contribution in [0.4, 0.5) is 0 Å². The van der Waals surface area contributed by atoms with Crippen molar-refractivity contribution in [2.75, 3.05) is 7.11 Å². The zero-order valence-electron chi connectivity index (χ0n) is 15.1. The SMILES string of the molecule is COC(=O)C1=C(C)NC2=C(C(=O)CC(C)(C)C2)[C@@H]1c1cc(Br)c(C)s1. The molecular weight excluding hydrogens is 402 g/mol. The van der Waals surface area contributed by atoms with E-state index in [9.17, 15) is 9.59 Å². The van der Waals surface area contributed by atoms with E-state index in [1.165, 1.54) is 7.11 Å². The molecule has 25 heavy (non-hydrogen) atoms. The van der Waals surface area contributed by atoms with E-state index >= 15 is 0 Å². The van der Waals surface area contributed by atoms with Crippen LogP contribution in [0.15, 0.2) is 33.1 Å². The van der Waals surface area contributed by atoms with E-state index in [0.29, 0.717) is 12.0 Å². The minimum Gasteiger partial charge on any atom is -0.466 e. The van der Waals surface area contributed by atoms with Crippen LogP contribution in [0.1, 0.15) is 49.3 Å². The Bertz CT molecular complexity index is 812. The van der Waals surface area contributed by atoms with Crippen molar-refractivity contribution in [1.29, 1.82) is 0 Å². The number of ether oxygens (including phenoxy) is 1. The van der Waals surface area contributed by atoms with Crippen molar-refractivity contribution in [2.45, 2.75) is 46.5 Å². The average Bonchev–Trinajstić information content (AvgIpc) is 2.83. The van der Waals surface area contributed by atoms with E-state index in [-0.39, 0.29) is 23.1 Å². The maximum atomic E-state index is 13.0. The molecule has 1 atom stereocenters. The van der Waals surface area contributed by atoms with Gasteiger partial charge in [-0.05, 0) is 47.7 Å². The number of methoxy groups -OCH3 is 1. The number of ketones is 1. The third-order valence-corrected chi connectivity index (χ3v) is 7.01. The van der Waals surface area contributed by atoms with Crippen LogP contribution in [0.2, 0.25) is 0 Å². The highest BCUT2D eigenvalue weighted by Gasteiger charge is 2.43. The summed E-state index contributed by atoms with van der Waals surface area (Å²) in [6.07, 6.45) is 1.28. The molecule has 1 aliphatic heterocycles. The van der Waals surface area contributed by atoms with Gasteiger partial charge in [0.05, 0.1) is 18.6 Å². The number of Topliss-reactive ketones (excluding diaryl/α,β-unsaturated/α-hetero) is 1. The number of halogens is 1. The molecule has 0 fully saturated rings. The summed E-state index contributed by atoms with van der Waals surface area (Å²) in [4.78, 5) is 27.6. The Kier molecular flexibility index (Phi) is 4.71. The topological polar surface area (TPSA) is 55.4 Å². The minimum absolute atomic E-state index is 0.0809. The van der Waals surface area contributed by atoms with Crippen LogP contribution in [0.3, 0.4) is 0 Å². The Labute approximate surface area is 160 Å². The second-order valence-electron chi connectivity index (χ2n) is 7.47. The largest absolute Gasteiger partial charge is 0.466 e. The molecule has 0 unspecified atom stereocenters. The Morgan fingerprint density at radius 3 is 2.60 bits per heavy atom. The van der Waals surface area contributed by atoms with Gasteiger partial charge in [-0.25, -0.2) is 4.79 Å². The maximum Gasteiger partial charge on any atom is 0.336 e. The Morgan fingerprint density at radius 1 is 1.36 bits per heavy atom. The lowest BCUT2D eigenvalue weighted by Crippen LogP contribution is -2.38. The molecule has 0 saturated carbocycles. The molecule has 0 saturated heterocycles. The molecule has 2 heterocycles. The lowest BCUT2D eigenvalue weighted by atomic mass is 9.70. The number of thiophene rings is 1. The molecular formula is C19H22BrNO3S. The van der Waals surface area contributed by atoms with Crippen molar-refractivity contribution in [3.63, 3.8) is 0 Å². The predicted molar refractivity (Wildman–Crippen MR) is 102 cm³/mol. The van der Waals surface area contributed by atoms with Crippen LogP contribution in [0.25, 0.3) is 0 Å². The van der Waals surface area contributed by atoms with Crippen molar-refractivity contribution in [3.8, 4) is 0 Å². The highest BCUT2D eigenvalue weighted by atomic mass is 79.9. The quantitative estimate of drug-likeness (QED) is 0.706. The third kappa shape index (κ3) is 3.22. The number of carbonyl (C=O) groups excluding carboxylic acids is 2. The molecule has 0 radical (unpaired) electrons. The summed E-state index contributed by atoms with van der Waals surface area (Å²) in [6.45, 7) is 8.11. The van der Waals surface area contributed by atoms with E-state index in [4.69, 9.17) is 4.74 Å². The first-order chi connectivity index (χ1) is 11.6. The van der Waals surface area contributed by atoms with E-state index in [0.717, 1.165) is 37.6 Å². The third-order valence-electron chi connectivity index (χ3n) is 4.81. The molecule has 0 bridgehead atoms. The fourth-order valence-electron chi connectivity index (χ4n) is 3.72. The summed E-state index contributed by atoms with van der Waals surface area (Å²) in [5, 5.41) is 3.32. The number of hydrogen-bond acceptors (Lipinski definition) is 5. The van der Waals surface area contributed by atoms with Gasteiger partial charge in [0.1, 0.15) is 0 Å². The molecule has 2 aliphatic rings. The van der Waals surface area contributed by atoms with Gasteiger partial charge in [-0.1, -0.05) is 13.8 Å². The van der Waals surface area contributed by atoms with E-state index in [1.807, 2.05) is 19.9 Å². The number of aryl methyl sites for hydroxylation is 1. The first-order valence-corrected chi connectivity index (χ1v) is 9.83. The smallest absolute Gasteiger partial charge is 0.336 e. The number of allylic oxidation sites excluding steroid dienone is 3. The summed E-state index contributed by atoms with van der Waals surface area (Å²) in [5.74, 6) is -0.636. The Hall–Kier alpha value is -1.40. The standard InChI is InChI=1S/C19H22BrNO3S/c1-9-15(18(23)24-5)17(14-6-11(20)10(2)25-14)16-12(21-9)7-19(3,4)8-13(16)22/h6,17,21H,7-8H2,1-5H3/t17-/m1/s1. The van der Waals surface area contributed by atoms with Gasteiger partial charge in [-0.15, -0.1) is 11.3 Å². The lowest BCUT2D eigenvalue weighted by molar-refractivity contribution is -0.136. The van der Waals surface area contributed by atoms with Crippen LogP contribution in [-0.4, -0.2) is 18.9 Å². The van der Waals surface area contributed by atoms with Gasteiger partial charge in [0.15, 0.2) is 5.78 Å². The number of nitrogens with one attached hydrogen (secondary N) is 1. The van der Waals surface area contributed by atoms with Crippen molar-refractivity contribution in [1.82, 2.24) is 5.32 Å². The van der Waals surface area contributed by atoms with E-state index in [1.54, 1.807) is 11.3 Å². The fraction of sp³-hybridized carbons (Fsp3) is 0.474. The summed E-state index contributed by atoms with van der Waals surface area (Å²) in [5.41, 5.74) is 2.88. The van der Waals surface area contributed by atoms with Gasteiger partial charge < -0.3 is 10.1 Å². The van der Waals surface area contributed by atoms with E-state index < -0.39 is 0 Å². The minimum atomic E-state index is -0.388. The molecule has 0 spiro atoms. The first-order valence-electron chi connectivity index (χ1n) is 8.23. The van der Waals surface area contributed by atoms with Gasteiger partial charge in [0.2, 0.25) is 0 Å². The molecule has 1 aromatic rings. The highest BCUT2D eigenvalue weighted by Crippen LogP contribution is 2.48. The molecule has 6 heteroatoms. The zero-order chi connectivity index (χ0) is 18.5. The molecule has 1 aromatic heterocycles. The van der Waals surface area contributed by atoms with Crippen LogP contribution in [-0.2, 0) is 14.3 Å². The van der Waals surface area contributed by atoms with Gasteiger partial charge >= 0.3 is 5.97 Å². The molecule has 0 aromatic carbocycles. The monoisotopic (exact) mass is 423 g/mol. The zero-order valence-corrected chi connectivity index (χ0v) is 17.5. The lowest BCUT2D eigenvalue weighted by Gasteiger charge is -2.39. The summed E-state index contributed by atoms with van der Waals surface area (Å²) in [7, 11) is 1.38. The van der Waals surface area contributed by atoms with Crippen LogP contribution >= 0.6 is 27.3 Å². The molecule has 134 valence electrons. The van der Waals surface area contributed by atoms with Crippen molar-refractivity contribution < 1.29 is 14.3 Å². The number of hydrogen-bond donors (Lipinski definition) is 1. The van der Waals surface area contributed by atoms with Gasteiger partial charge in [-0.3, -0.25) is 4.79 Å². The maximum absolute atomic E-state index is 13.0. The van der Waals surface area contributed by atoms with Crippen LogP contribution < -0.4 is 5.32 Å². The summed E-state index contributed by atoms with van der Waals surface area (Å²) >= 11 is 5.16. The van der Waals surface area contributed by atoms with Crippen LogP contribution in [0, 0.1) is 12.3 Å². The fourth-order valence-corrected chi connectivity index (χ4v) is 5.41. The molecule has 0 amide bonds. The van der Waals surface area contributed by atoms with Gasteiger partial charge in [0.25, 0.3) is 0 Å². The van der Waals surface area contributed by atoms with Crippen molar-refractivity contribution in [2.24, 2.45) is 5.41 Å². The summed E-state index contributed by atoms with van der Waals surface area (Å²) in [6, 6.07) is 2.02. The second-order valence-corrected chi connectivity index (χ2v) is 9.62. The molecule has 1 N–H and O–H groups in total.